The fourth-order valence-electron chi connectivity index (χ4n) is 2.65. The number of anilines is 1. The summed E-state index contributed by atoms with van der Waals surface area (Å²) >= 11 is 1.07. The molecule has 30 heavy (non-hydrogen) atoms. The Hall–Kier alpha value is -3.46. The van der Waals surface area contributed by atoms with Crippen molar-refractivity contribution >= 4 is 23.4 Å². The zero-order valence-corrected chi connectivity index (χ0v) is 17.6. The number of hydrogen-bond donors (Lipinski definition) is 1. The third kappa shape index (κ3) is 5.12. The van der Waals surface area contributed by atoms with Crippen LogP contribution >= 0.6 is 11.8 Å². The van der Waals surface area contributed by atoms with Crippen LogP contribution < -0.4 is 25.1 Å². The van der Waals surface area contributed by atoms with Crippen molar-refractivity contribution in [3.63, 3.8) is 0 Å². The van der Waals surface area contributed by atoms with Gasteiger partial charge in [-0.2, -0.15) is 0 Å². The second-order valence-corrected chi connectivity index (χ2v) is 7.01. The highest BCUT2D eigenvalue weighted by molar-refractivity contribution is 7.99. The first-order valence-electron chi connectivity index (χ1n) is 8.92. The number of nitrogens with zero attached hydrogens (tertiary/aromatic N) is 2. The maximum absolute atomic E-state index is 12.7. The molecule has 0 radical (unpaired) electrons. The van der Waals surface area contributed by atoms with E-state index in [-0.39, 0.29) is 22.2 Å². The van der Waals surface area contributed by atoms with Gasteiger partial charge in [0.05, 0.1) is 27.1 Å². The second-order valence-electron chi connectivity index (χ2n) is 6.04. The molecule has 0 aliphatic rings. The van der Waals surface area contributed by atoms with Crippen LogP contribution in [0, 0.1) is 0 Å². The van der Waals surface area contributed by atoms with Crippen LogP contribution in [0.5, 0.6) is 17.2 Å². The lowest BCUT2D eigenvalue weighted by molar-refractivity contribution is -0.113. The Balaban J connectivity index is 1.70. The average molecular weight is 427 g/mol. The molecule has 2 aromatic carbocycles. The van der Waals surface area contributed by atoms with Gasteiger partial charge in [0.2, 0.25) is 5.91 Å². The number of ether oxygens (including phenoxy) is 3. The first-order chi connectivity index (χ1) is 14.5. The van der Waals surface area contributed by atoms with E-state index in [2.05, 4.69) is 10.3 Å². The number of methoxy groups -OCH3 is 3. The van der Waals surface area contributed by atoms with Gasteiger partial charge in [-0.3, -0.25) is 14.2 Å². The Morgan fingerprint density at radius 1 is 1.00 bits per heavy atom. The SMILES string of the molecule is COc1ccc(-n2ccnc(SCC(=O)Nc3cc(OC)cc(OC)c3)c2=O)cc1. The van der Waals surface area contributed by atoms with Gasteiger partial charge in [0.15, 0.2) is 5.03 Å². The molecule has 1 amide bonds. The minimum absolute atomic E-state index is 0.0222. The number of aromatic nitrogens is 2. The number of rotatable bonds is 8. The van der Waals surface area contributed by atoms with Crippen molar-refractivity contribution in [3.8, 4) is 22.9 Å². The molecule has 0 saturated heterocycles. The predicted molar refractivity (Wildman–Crippen MR) is 115 cm³/mol. The van der Waals surface area contributed by atoms with E-state index < -0.39 is 0 Å². The number of carbonyl (C=O) groups excluding carboxylic acids is 1. The van der Waals surface area contributed by atoms with Gasteiger partial charge < -0.3 is 19.5 Å². The number of hydrogen-bond acceptors (Lipinski definition) is 7. The number of amides is 1. The molecule has 0 spiro atoms. The van der Waals surface area contributed by atoms with E-state index in [1.165, 1.54) is 25.0 Å². The summed E-state index contributed by atoms with van der Waals surface area (Å²) in [5.41, 5.74) is 0.912. The summed E-state index contributed by atoms with van der Waals surface area (Å²) in [7, 11) is 4.64. The van der Waals surface area contributed by atoms with Gasteiger partial charge in [-0.15, -0.1) is 0 Å². The van der Waals surface area contributed by atoms with Gasteiger partial charge in [-0.05, 0) is 24.3 Å². The molecule has 0 saturated carbocycles. The lowest BCUT2D eigenvalue weighted by atomic mass is 10.2. The van der Waals surface area contributed by atoms with Gasteiger partial charge in [-0.25, -0.2) is 4.98 Å². The van der Waals surface area contributed by atoms with Crippen molar-refractivity contribution in [2.24, 2.45) is 0 Å². The molecule has 0 aliphatic carbocycles. The van der Waals surface area contributed by atoms with Crippen LogP contribution in [0.4, 0.5) is 5.69 Å². The molecule has 0 bridgehead atoms. The average Bonchev–Trinajstić information content (AvgIpc) is 2.78. The summed E-state index contributed by atoms with van der Waals surface area (Å²) in [5.74, 6) is 1.56. The summed E-state index contributed by atoms with van der Waals surface area (Å²) in [6.07, 6.45) is 3.11. The molecule has 0 aliphatic heterocycles. The topological polar surface area (TPSA) is 91.7 Å². The Labute approximate surface area is 177 Å². The quantitative estimate of drug-likeness (QED) is 0.553. The molecule has 3 rings (SSSR count). The molecule has 1 aromatic heterocycles. The molecule has 1 heterocycles. The van der Waals surface area contributed by atoms with Gasteiger partial charge in [0.1, 0.15) is 17.2 Å². The Morgan fingerprint density at radius 3 is 2.23 bits per heavy atom. The predicted octanol–water partition coefficient (Wildman–Crippen LogP) is 2.99. The molecule has 3 aromatic rings. The van der Waals surface area contributed by atoms with Crippen LogP contribution in [-0.4, -0.2) is 42.5 Å². The Kier molecular flexibility index (Phi) is 6.97. The van der Waals surface area contributed by atoms with Crippen molar-refractivity contribution in [1.82, 2.24) is 9.55 Å². The third-order valence-electron chi connectivity index (χ3n) is 4.14. The van der Waals surface area contributed by atoms with E-state index in [0.717, 1.165) is 11.8 Å². The lowest BCUT2D eigenvalue weighted by Crippen LogP contribution is -2.22. The van der Waals surface area contributed by atoms with Crippen molar-refractivity contribution in [2.45, 2.75) is 5.03 Å². The number of nitrogens with one attached hydrogen (secondary N) is 1. The highest BCUT2D eigenvalue weighted by atomic mass is 32.2. The van der Waals surface area contributed by atoms with E-state index in [1.807, 2.05) is 0 Å². The second kappa shape index (κ2) is 9.84. The Morgan fingerprint density at radius 2 is 1.63 bits per heavy atom. The highest BCUT2D eigenvalue weighted by Gasteiger charge is 2.11. The number of carbonyl (C=O) groups is 1. The third-order valence-corrected chi connectivity index (χ3v) is 5.10. The van der Waals surface area contributed by atoms with Crippen LogP contribution in [-0.2, 0) is 4.79 Å². The van der Waals surface area contributed by atoms with Crippen LogP contribution in [0.1, 0.15) is 0 Å². The van der Waals surface area contributed by atoms with Crippen LogP contribution in [0.15, 0.2) is 64.7 Å². The molecular weight excluding hydrogens is 406 g/mol. The summed E-state index contributed by atoms with van der Waals surface area (Å²) in [6, 6.07) is 12.2. The maximum atomic E-state index is 12.7. The summed E-state index contributed by atoms with van der Waals surface area (Å²) in [4.78, 5) is 29.2. The molecular formula is C21H21N3O5S. The number of thioether (sulfide) groups is 1. The zero-order valence-electron chi connectivity index (χ0n) is 16.7. The molecule has 0 fully saturated rings. The highest BCUT2D eigenvalue weighted by Crippen LogP contribution is 2.26. The van der Waals surface area contributed by atoms with E-state index in [0.29, 0.717) is 28.6 Å². The van der Waals surface area contributed by atoms with Crippen molar-refractivity contribution in [1.29, 1.82) is 0 Å². The van der Waals surface area contributed by atoms with E-state index in [9.17, 15) is 9.59 Å². The maximum Gasteiger partial charge on any atom is 0.287 e. The smallest absolute Gasteiger partial charge is 0.287 e. The van der Waals surface area contributed by atoms with Crippen LogP contribution in [0.3, 0.4) is 0 Å². The fraction of sp³-hybridized carbons (Fsp3) is 0.190. The molecule has 1 N–H and O–H groups in total. The summed E-state index contributed by atoms with van der Waals surface area (Å²) in [5, 5.41) is 3.00. The standard InChI is InChI=1S/C21H21N3O5S/c1-27-16-6-4-15(5-7-16)24-9-8-22-20(21(24)26)30-13-19(25)23-14-10-17(28-2)12-18(11-14)29-3/h4-12H,13H2,1-3H3,(H,23,25). The van der Waals surface area contributed by atoms with Crippen LogP contribution in [0.25, 0.3) is 5.69 Å². The molecule has 8 nitrogen and oxygen atoms in total. The van der Waals surface area contributed by atoms with Crippen molar-refractivity contribution in [3.05, 3.63) is 65.2 Å². The molecule has 0 unspecified atom stereocenters. The van der Waals surface area contributed by atoms with E-state index >= 15 is 0 Å². The van der Waals surface area contributed by atoms with E-state index in [4.69, 9.17) is 14.2 Å². The van der Waals surface area contributed by atoms with Crippen LogP contribution in [0.2, 0.25) is 0 Å². The van der Waals surface area contributed by atoms with Crippen molar-refractivity contribution in [2.75, 3.05) is 32.4 Å². The fourth-order valence-corrected chi connectivity index (χ4v) is 3.35. The lowest BCUT2D eigenvalue weighted by Gasteiger charge is -2.10. The first-order valence-corrected chi connectivity index (χ1v) is 9.90. The normalized spacial score (nSPS) is 10.4. The van der Waals surface area contributed by atoms with Gasteiger partial charge in [-0.1, -0.05) is 11.8 Å². The summed E-state index contributed by atoms with van der Waals surface area (Å²) < 4.78 is 17.0. The van der Waals surface area contributed by atoms with Crippen molar-refractivity contribution < 1.29 is 19.0 Å². The van der Waals surface area contributed by atoms with Gasteiger partial charge >= 0.3 is 0 Å². The largest absolute Gasteiger partial charge is 0.497 e. The molecule has 156 valence electrons. The summed E-state index contributed by atoms with van der Waals surface area (Å²) in [6.45, 7) is 0. The first kappa shape index (κ1) is 21.3. The molecule has 0 atom stereocenters. The zero-order chi connectivity index (χ0) is 21.5. The number of benzene rings is 2. The monoisotopic (exact) mass is 427 g/mol. The van der Waals surface area contributed by atoms with Gasteiger partial charge in [0.25, 0.3) is 5.56 Å². The minimum Gasteiger partial charge on any atom is -0.497 e. The molecule has 9 heteroatoms. The van der Waals surface area contributed by atoms with Gasteiger partial charge in [0, 0.05) is 42.0 Å². The Bertz CT molecular complexity index is 1060. The van der Waals surface area contributed by atoms with E-state index in [1.54, 1.807) is 55.8 Å². The minimum atomic E-state index is -0.302.